The number of carbonyl (C=O) groups excluding carboxylic acids is 7. The van der Waals surface area contributed by atoms with E-state index >= 15 is 0 Å². The number of hydrogen-bond acceptors (Lipinski definition) is 7. The molecule has 1 aliphatic heterocycles. The average molecular weight is 682 g/mol. The van der Waals surface area contributed by atoms with Gasteiger partial charge >= 0.3 is 0 Å². The molecule has 276 valence electrons. The first-order chi connectivity index (χ1) is 22.2. The van der Waals surface area contributed by atoms with Crippen LogP contribution in [0.1, 0.15) is 88.5 Å². The lowest BCUT2D eigenvalue weighted by atomic mass is 9.97. The van der Waals surface area contributed by atoms with E-state index in [1.54, 1.807) is 6.92 Å². The molecule has 7 amide bonds. The smallest absolute Gasteiger partial charge is 0.245 e. The van der Waals surface area contributed by atoms with E-state index in [9.17, 15) is 33.6 Å². The van der Waals surface area contributed by atoms with E-state index in [2.05, 4.69) is 16.0 Å². The highest BCUT2D eigenvalue weighted by Crippen LogP contribution is 2.17. The predicted octanol–water partition coefficient (Wildman–Crippen LogP) is 1.23. The van der Waals surface area contributed by atoms with Crippen LogP contribution >= 0.6 is 0 Å². The fraction of sp³-hybridized carbons (Fsp3) is 0.794. The summed E-state index contributed by atoms with van der Waals surface area (Å²) >= 11 is 0. The molecule has 1 fully saturated rings. The Labute approximate surface area is 288 Å². The molecule has 1 rings (SSSR count). The van der Waals surface area contributed by atoms with Crippen molar-refractivity contribution in [1.82, 2.24) is 35.6 Å². The Morgan fingerprint density at radius 2 is 1.21 bits per heavy atom. The van der Waals surface area contributed by atoms with Gasteiger partial charge in [-0.05, 0) is 44.4 Å². The second-order valence-corrected chi connectivity index (χ2v) is 13.4. The Kier molecular flexibility index (Phi) is 19.0. The van der Waals surface area contributed by atoms with Crippen LogP contribution in [0.3, 0.4) is 0 Å². The van der Waals surface area contributed by atoms with Crippen molar-refractivity contribution >= 4 is 41.4 Å². The molecule has 0 aliphatic carbocycles. The van der Waals surface area contributed by atoms with Crippen molar-refractivity contribution in [2.24, 2.45) is 17.8 Å². The third kappa shape index (κ3) is 12.7. The molecule has 6 atom stereocenters. The summed E-state index contributed by atoms with van der Waals surface area (Å²) in [6.45, 7) is 17.5. The third-order valence-electron chi connectivity index (χ3n) is 8.74. The molecule has 0 aromatic heterocycles. The molecule has 0 spiro atoms. The zero-order valence-electron chi connectivity index (χ0n) is 31.8. The maximum Gasteiger partial charge on any atom is 0.245 e. The molecule has 0 radical (unpaired) electrons. The van der Waals surface area contributed by atoms with E-state index in [-0.39, 0.29) is 30.7 Å². The van der Waals surface area contributed by atoms with E-state index in [0.717, 1.165) is 0 Å². The number of rotatable bonds is 6. The van der Waals surface area contributed by atoms with Crippen LogP contribution in [0.15, 0.2) is 0 Å². The molecule has 1 aliphatic rings. The topological polar surface area (TPSA) is 169 Å². The summed E-state index contributed by atoms with van der Waals surface area (Å²) in [5, 5.41) is 8.03. The lowest BCUT2D eigenvalue weighted by Crippen LogP contribution is -2.58. The molecule has 14 heteroatoms. The van der Waals surface area contributed by atoms with Gasteiger partial charge in [-0.25, -0.2) is 0 Å². The SMILES string of the molecule is CC.CCC(C)C1NC(=O)CNC(=O)C(C)N(C)C(=O)C(C)N(C)C(=O)C(CC(C)C)NC(=O)[C@H](CC(C)C)N(C)C(=O)CN(C)C1=O. The molecular formula is C34H63N7O7. The summed E-state index contributed by atoms with van der Waals surface area (Å²) in [4.78, 5) is 98.7. The largest absolute Gasteiger partial charge is 0.345 e. The summed E-state index contributed by atoms with van der Waals surface area (Å²) in [5.74, 6) is -4.01. The van der Waals surface area contributed by atoms with Gasteiger partial charge in [0.2, 0.25) is 41.4 Å². The summed E-state index contributed by atoms with van der Waals surface area (Å²) in [6, 6.07) is -4.86. The normalized spacial score (nSPS) is 25.7. The van der Waals surface area contributed by atoms with Crippen LogP contribution in [0.25, 0.3) is 0 Å². The number of amides is 7. The van der Waals surface area contributed by atoms with E-state index < -0.39 is 78.1 Å². The number of hydrogen-bond donors (Lipinski definition) is 3. The van der Waals surface area contributed by atoms with Crippen molar-refractivity contribution in [3.05, 3.63) is 0 Å². The van der Waals surface area contributed by atoms with Crippen molar-refractivity contribution in [2.45, 2.75) is 119 Å². The van der Waals surface area contributed by atoms with E-state index in [4.69, 9.17) is 0 Å². The van der Waals surface area contributed by atoms with Crippen molar-refractivity contribution in [2.75, 3.05) is 41.3 Å². The molecule has 14 nitrogen and oxygen atoms in total. The van der Waals surface area contributed by atoms with Crippen LogP contribution in [-0.4, -0.2) is 132 Å². The van der Waals surface area contributed by atoms with Crippen LogP contribution in [0, 0.1) is 17.8 Å². The Balaban J connectivity index is 0.0000108. The molecule has 0 aromatic rings. The second kappa shape index (κ2) is 20.6. The van der Waals surface area contributed by atoms with Crippen molar-refractivity contribution in [1.29, 1.82) is 0 Å². The minimum Gasteiger partial charge on any atom is -0.345 e. The van der Waals surface area contributed by atoms with Gasteiger partial charge in [-0.2, -0.15) is 0 Å². The summed E-state index contributed by atoms with van der Waals surface area (Å²) < 4.78 is 0. The third-order valence-corrected chi connectivity index (χ3v) is 8.74. The molecule has 1 heterocycles. The van der Waals surface area contributed by atoms with Crippen molar-refractivity contribution in [3.63, 3.8) is 0 Å². The zero-order chi connectivity index (χ0) is 37.6. The molecule has 0 saturated carbocycles. The highest BCUT2D eigenvalue weighted by molar-refractivity contribution is 5.97. The van der Waals surface area contributed by atoms with Gasteiger partial charge in [0.05, 0.1) is 13.1 Å². The molecule has 5 unspecified atom stereocenters. The van der Waals surface area contributed by atoms with Crippen molar-refractivity contribution in [3.8, 4) is 0 Å². The van der Waals surface area contributed by atoms with Gasteiger partial charge in [-0.1, -0.05) is 61.8 Å². The highest BCUT2D eigenvalue weighted by Gasteiger charge is 2.37. The van der Waals surface area contributed by atoms with Gasteiger partial charge in [0.25, 0.3) is 0 Å². The maximum absolute atomic E-state index is 13.8. The molecular weight excluding hydrogens is 618 g/mol. The molecule has 0 bridgehead atoms. The van der Waals surface area contributed by atoms with Gasteiger partial charge in [-0.15, -0.1) is 0 Å². The lowest BCUT2D eigenvalue weighted by molar-refractivity contribution is -0.148. The second-order valence-electron chi connectivity index (χ2n) is 13.4. The molecule has 48 heavy (non-hydrogen) atoms. The Hall–Kier alpha value is -3.71. The first-order valence-corrected chi connectivity index (χ1v) is 17.2. The van der Waals surface area contributed by atoms with Gasteiger partial charge in [-0.3, -0.25) is 33.6 Å². The first kappa shape index (κ1) is 44.3. The van der Waals surface area contributed by atoms with Gasteiger partial charge in [0.15, 0.2) is 0 Å². The lowest BCUT2D eigenvalue weighted by Gasteiger charge is -2.35. The van der Waals surface area contributed by atoms with Gasteiger partial charge in [0, 0.05) is 28.2 Å². The van der Waals surface area contributed by atoms with Crippen LogP contribution < -0.4 is 16.0 Å². The van der Waals surface area contributed by atoms with Crippen LogP contribution in [-0.2, 0) is 33.6 Å². The summed E-state index contributed by atoms with van der Waals surface area (Å²) in [6.07, 6.45) is 1.13. The van der Waals surface area contributed by atoms with Crippen LogP contribution in [0.2, 0.25) is 0 Å². The number of nitrogens with zero attached hydrogens (tertiary/aromatic N) is 4. The van der Waals surface area contributed by atoms with Gasteiger partial charge < -0.3 is 35.6 Å². The minimum atomic E-state index is -0.983. The number of carbonyl (C=O) groups is 7. The van der Waals surface area contributed by atoms with Crippen LogP contribution in [0.4, 0.5) is 0 Å². The predicted molar refractivity (Wildman–Crippen MR) is 185 cm³/mol. The minimum absolute atomic E-state index is 0.00637. The zero-order valence-corrected chi connectivity index (χ0v) is 31.8. The molecule has 0 aromatic carbocycles. The van der Waals surface area contributed by atoms with E-state index in [0.29, 0.717) is 12.8 Å². The fourth-order valence-corrected chi connectivity index (χ4v) is 5.14. The first-order valence-electron chi connectivity index (χ1n) is 17.2. The fourth-order valence-electron chi connectivity index (χ4n) is 5.14. The number of likely N-dealkylation sites (N-methyl/N-ethyl adjacent to an activating group) is 4. The maximum atomic E-state index is 13.8. The number of nitrogens with one attached hydrogen (secondary N) is 3. The molecule has 3 N–H and O–H groups in total. The molecule has 1 saturated heterocycles. The summed E-state index contributed by atoms with van der Waals surface area (Å²) in [7, 11) is 5.83. The van der Waals surface area contributed by atoms with Gasteiger partial charge in [0.1, 0.15) is 30.2 Å². The van der Waals surface area contributed by atoms with E-state index in [1.165, 1.54) is 61.6 Å². The summed E-state index contributed by atoms with van der Waals surface area (Å²) in [5.41, 5.74) is 0. The average Bonchev–Trinajstić information content (AvgIpc) is 3.04. The standard InChI is InChI=1S/C32H57N7O7.C2H6/c1-13-20(6)27-32(46)36(9)17-26(41)39(12)24(15-19(4)5)29(43)34-23(14-18(2)3)31(45)38(11)22(8)30(44)37(10)21(7)28(42)33-16-25(40)35-27;1-2/h18-24,27H,13-17H2,1-12H3,(H,33,42)(H,34,43)(H,35,40);1-2H3/t20?,21?,22?,23?,24-,27?;/m0./s1. The monoisotopic (exact) mass is 681 g/mol. The quantitative estimate of drug-likeness (QED) is 0.379. The Morgan fingerprint density at radius 1 is 0.688 bits per heavy atom. The van der Waals surface area contributed by atoms with E-state index in [1.807, 2.05) is 48.5 Å². The Bertz CT molecular complexity index is 1130. The van der Waals surface area contributed by atoms with Crippen LogP contribution in [0.5, 0.6) is 0 Å². The highest BCUT2D eigenvalue weighted by atomic mass is 16.2. The van der Waals surface area contributed by atoms with Crippen molar-refractivity contribution < 1.29 is 33.6 Å². The Morgan fingerprint density at radius 3 is 1.71 bits per heavy atom.